The first-order chi connectivity index (χ1) is 11.8. The predicted octanol–water partition coefficient (Wildman–Crippen LogP) is 4.07. The molecule has 1 aromatic carbocycles. The van der Waals surface area contributed by atoms with Gasteiger partial charge in [-0.3, -0.25) is 9.88 Å². The van der Waals surface area contributed by atoms with E-state index in [1.807, 2.05) is 30.2 Å². The van der Waals surface area contributed by atoms with Gasteiger partial charge in [0.1, 0.15) is 0 Å². The van der Waals surface area contributed by atoms with Gasteiger partial charge in [-0.05, 0) is 25.8 Å². The molecule has 0 N–H and O–H groups in total. The van der Waals surface area contributed by atoms with Gasteiger partial charge in [-0.15, -0.1) is 11.3 Å². The fourth-order valence-electron chi connectivity index (χ4n) is 2.88. The van der Waals surface area contributed by atoms with Crippen LogP contribution >= 0.6 is 11.3 Å². The molecule has 1 fully saturated rings. The molecular formula is C19H20N4S. The lowest BCUT2D eigenvalue weighted by atomic mass is 10.1. The molecular weight excluding hydrogens is 316 g/mol. The Morgan fingerprint density at radius 3 is 2.62 bits per heavy atom. The molecule has 0 amide bonds. The van der Waals surface area contributed by atoms with Gasteiger partial charge in [0.15, 0.2) is 5.82 Å². The molecule has 24 heavy (non-hydrogen) atoms. The Kier molecular flexibility index (Phi) is 4.36. The van der Waals surface area contributed by atoms with Crippen LogP contribution in [-0.2, 0) is 13.1 Å². The zero-order valence-corrected chi connectivity index (χ0v) is 14.5. The van der Waals surface area contributed by atoms with E-state index in [0.717, 1.165) is 24.5 Å². The third kappa shape index (κ3) is 3.68. The van der Waals surface area contributed by atoms with Crippen molar-refractivity contribution in [2.45, 2.75) is 38.9 Å². The highest BCUT2D eigenvalue weighted by molar-refractivity contribution is 7.09. The van der Waals surface area contributed by atoms with Gasteiger partial charge in [-0.25, -0.2) is 9.97 Å². The van der Waals surface area contributed by atoms with Crippen LogP contribution in [-0.4, -0.2) is 25.9 Å². The minimum atomic E-state index is 0.698. The van der Waals surface area contributed by atoms with E-state index in [1.54, 1.807) is 11.3 Å². The third-order valence-corrected chi connectivity index (χ3v) is 5.04. The Morgan fingerprint density at radius 2 is 1.96 bits per heavy atom. The fraction of sp³-hybridized carbons (Fsp3) is 0.316. The van der Waals surface area contributed by atoms with E-state index in [-0.39, 0.29) is 0 Å². The highest BCUT2D eigenvalue weighted by Gasteiger charge is 2.29. The summed E-state index contributed by atoms with van der Waals surface area (Å²) in [6.45, 7) is 3.95. The number of aromatic nitrogens is 3. The van der Waals surface area contributed by atoms with Crippen molar-refractivity contribution >= 4 is 11.3 Å². The average Bonchev–Trinajstić information content (AvgIpc) is 3.32. The Hall–Kier alpha value is -2.11. The van der Waals surface area contributed by atoms with Crippen LogP contribution in [0.15, 0.2) is 48.4 Å². The summed E-state index contributed by atoms with van der Waals surface area (Å²) < 4.78 is 0. The molecule has 1 aliphatic carbocycles. The van der Waals surface area contributed by atoms with Crippen LogP contribution in [0.2, 0.25) is 0 Å². The number of rotatable bonds is 6. The molecule has 2 heterocycles. The highest BCUT2D eigenvalue weighted by atomic mass is 32.1. The Labute approximate surface area is 146 Å². The summed E-state index contributed by atoms with van der Waals surface area (Å²) in [6.07, 6.45) is 8.49. The zero-order chi connectivity index (χ0) is 16.4. The number of nitrogens with zero attached hydrogens (tertiary/aromatic N) is 4. The van der Waals surface area contributed by atoms with Gasteiger partial charge in [0.25, 0.3) is 0 Å². The molecule has 2 aromatic heterocycles. The molecule has 0 radical (unpaired) electrons. The molecule has 122 valence electrons. The topological polar surface area (TPSA) is 41.9 Å². The first-order valence-electron chi connectivity index (χ1n) is 8.27. The molecule has 4 nitrogen and oxygen atoms in total. The van der Waals surface area contributed by atoms with E-state index in [4.69, 9.17) is 0 Å². The summed E-state index contributed by atoms with van der Waals surface area (Å²) in [7, 11) is 0. The lowest BCUT2D eigenvalue weighted by Crippen LogP contribution is -2.24. The largest absolute Gasteiger partial charge is 0.291 e. The minimum absolute atomic E-state index is 0.698. The molecule has 0 spiro atoms. The molecule has 5 heteroatoms. The Morgan fingerprint density at radius 1 is 1.12 bits per heavy atom. The van der Waals surface area contributed by atoms with Crippen molar-refractivity contribution in [3.8, 4) is 11.4 Å². The fourth-order valence-corrected chi connectivity index (χ4v) is 3.50. The van der Waals surface area contributed by atoms with Gasteiger partial charge in [-0.1, -0.05) is 23.8 Å². The quantitative estimate of drug-likeness (QED) is 0.680. The van der Waals surface area contributed by atoms with Gasteiger partial charge in [0.05, 0.1) is 5.51 Å². The Bertz CT molecular complexity index is 794. The van der Waals surface area contributed by atoms with Crippen LogP contribution in [0.3, 0.4) is 0 Å². The van der Waals surface area contributed by atoms with Crippen LogP contribution < -0.4 is 0 Å². The third-order valence-electron chi connectivity index (χ3n) is 4.27. The van der Waals surface area contributed by atoms with Gasteiger partial charge < -0.3 is 0 Å². The first-order valence-corrected chi connectivity index (χ1v) is 9.15. The van der Waals surface area contributed by atoms with Crippen LogP contribution in [0.4, 0.5) is 0 Å². The van der Waals surface area contributed by atoms with Crippen molar-refractivity contribution in [3.63, 3.8) is 0 Å². The number of benzene rings is 1. The van der Waals surface area contributed by atoms with E-state index in [9.17, 15) is 0 Å². The molecule has 0 unspecified atom stereocenters. The van der Waals surface area contributed by atoms with Crippen molar-refractivity contribution in [1.82, 2.24) is 19.9 Å². The van der Waals surface area contributed by atoms with Crippen LogP contribution in [0, 0.1) is 6.92 Å². The van der Waals surface area contributed by atoms with Crippen LogP contribution in [0.1, 0.15) is 28.8 Å². The maximum Gasteiger partial charge on any atom is 0.159 e. The van der Waals surface area contributed by atoms with Crippen molar-refractivity contribution in [1.29, 1.82) is 0 Å². The summed E-state index contributed by atoms with van der Waals surface area (Å²) in [5.41, 5.74) is 5.37. The normalized spacial score (nSPS) is 14.2. The molecule has 1 saturated carbocycles. The molecule has 4 rings (SSSR count). The van der Waals surface area contributed by atoms with Gasteiger partial charge in [0.2, 0.25) is 0 Å². The standard InChI is InChI=1S/C19H20N4S/c1-14-3-2-4-16(7-14)19-21-8-15(9-22-19)11-23(17-5-6-17)12-18-10-20-13-24-18/h2-4,7-10,13,17H,5-6,11-12H2,1H3. The zero-order valence-electron chi connectivity index (χ0n) is 13.7. The van der Waals surface area contributed by atoms with Crippen molar-refractivity contribution in [2.24, 2.45) is 0 Å². The maximum absolute atomic E-state index is 4.57. The number of aryl methyl sites for hydroxylation is 1. The number of hydrogen-bond acceptors (Lipinski definition) is 5. The maximum atomic E-state index is 4.57. The second-order valence-corrected chi connectivity index (χ2v) is 7.36. The van der Waals surface area contributed by atoms with Crippen LogP contribution in [0.25, 0.3) is 11.4 Å². The SMILES string of the molecule is Cc1cccc(-c2ncc(CN(Cc3cncs3)C3CC3)cn2)c1. The molecule has 3 aromatic rings. The lowest BCUT2D eigenvalue weighted by molar-refractivity contribution is 0.247. The lowest BCUT2D eigenvalue weighted by Gasteiger charge is -2.20. The van der Waals surface area contributed by atoms with Crippen molar-refractivity contribution < 1.29 is 0 Å². The second kappa shape index (κ2) is 6.79. The first kappa shape index (κ1) is 15.4. The number of hydrogen-bond donors (Lipinski definition) is 0. The van der Waals surface area contributed by atoms with Crippen molar-refractivity contribution in [2.75, 3.05) is 0 Å². The average molecular weight is 336 g/mol. The van der Waals surface area contributed by atoms with Crippen molar-refractivity contribution in [3.05, 3.63) is 64.4 Å². The molecule has 1 aliphatic rings. The van der Waals surface area contributed by atoms with Gasteiger partial charge in [0, 0.05) is 53.7 Å². The van der Waals surface area contributed by atoms with Crippen LogP contribution in [0.5, 0.6) is 0 Å². The van der Waals surface area contributed by atoms with Gasteiger partial charge >= 0.3 is 0 Å². The monoisotopic (exact) mass is 336 g/mol. The summed E-state index contributed by atoms with van der Waals surface area (Å²) in [5, 5.41) is 0. The van der Waals surface area contributed by atoms with Gasteiger partial charge in [-0.2, -0.15) is 0 Å². The highest BCUT2D eigenvalue weighted by Crippen LogP contribution is 2.30. The molecule has 0 saturated heterocycles. The summed E-state index contributed by atoms with van der Waals surface area (Å²) in [5.74, 6) is 0.794. The summed E-state index contributed by atoms with van der Waals surface area (Å²) in [6, 6.07) is 9.01. The number of thiazole rings is 1. The molecule has 0 atom stereocenters. The minimum Gasteiger partial charge on any atom is -0.291 e. The van der Waals surface area contributed by atoms with E-state index < -0.39 is 0 Å². The summed E-state index contributed by atoms with van der Waals surface area (Å²) >= 11 is 1.72. The van der Waals surface area contributed by atoms with E-state index in [0.29, 0.717) is 6.04 Å². The molecule has 0 bridgehead atoms. The summed E-state index contributed by atoms with van der Waals surface area (Å²) in [4.78, 5) is 17.2. The molecule has 0 aliphatic heterocycles. The predicted molar refractivity (Wildman–Crippen MR) is 96.6 cm³/mol. The van der Waals surface area contributed by atoms with E-state index in [2.05, 4.69) is 45.0 Å². The Balaban J connectivity index is 1.47. The second-order valence-electron chi connectivity index (χ2n) is 6.39. The smallest absolute Gasteiger partial charge is 0.159 e. The van der Waals surface area contributed by atoms with E-state index >= 15 is 0 Å². The van der Waals surface area contributed by atoms with E-state index in [1.165, 1.54) is 28.8 Å².